The average Bonchev–Trinajstić information content (AvgIpc) is 3.05. The van der Waals surface area contributed by atoms with Gasteiger partial charge in [0.25, 0.3) is 0 Å². The van der Waals surface area contributed by atoms with Gasteiger partial charge in [-0.05, 0) is 43.4 Å². The molecule has 2 rings (SSSR count). The molecule has 17 heavy (non-hydrogen) atoms. The maximum absolute atomic E-state index is 14.3. The Morgan fingerprint density at radius 2 is 2.00 bits per heavy atom. The number of carboxylic acid groups (broad SMARTS) is 1. The maximum Gasteiger partial charge on any atom is 0.341 e. The molecule has 1 aromatic carbocycles. The average molecular weight is 257 g/mol. The van der Waals surface area contributed by atoms with Gasteiger partial charge in [-0.15, -0.1) is 0 Å². The first-order chi connectivity index (χ1) is 7.93. The van der Waals surface area contributed by atoms with Crippen molar-refractivity contribution in [1.82, 2.24) is 0 Å². The smallest absolute Gasteiger partial charge is 0.341 e. The Morgan fingerprint density at radius 3 is 2.41 bits per heavy atom. The lowest BCUT2D eigenvalue weighted by Crippen LogP contribution is -2.38. The van der Waals surface area contributed by atoms with Crippen LogP contribution < -0.4 is 0 Å². The zero-order valence-corrected chi connectivity index (χ0v) is 10.2. The van der Waals surface area contributed by atoms with Crippen molar-refractivity contribution in [2.45, 2.75) is 31.4 Å². The third kappa shape index (κ3) is 2.44. The fourth-order valence-electron chi connectivity index (χ4n) is 2.26. The lowest BCUT2D eigenvalue weighted by atomic mass is 9.81. The van der Waals surface area contributed by atoms with E-state index in [9.17, 15) is 9.18 Å². The normalized spacial score (nSPS) is 20.6. The van der Waals surface area contributed by atoms with E-state index in [-0.39, 0.29) is 5.92 Å². The van der Waals surface area contributed by atoms with E-state index in [1.807, 2.05) is 0 Å². The molecular formula is C13H14ClFO2. The molecule has 4 heteroatoms. The molecule has 0 spiro atoms. The number of alkyl halides is 1. The Hall–Kier alpha value is -1.09. The van der Waals surface area contributed by atoms with Gasteiger partial charge >= 0.3 is 5.97 Å². The zero-order valence-electron chi connectivity index (χ0n) is 9.49. The van der Waals surface area contributed by atoms with E-state index in [2.05, 4.69) is 0 Å². The number of carboxylic acids is 1. The molecule has 1 aliphatic carbocycles. The standard InChI is InChI=1S/C13H14ClFO2/c1-13(15,12(16)17)11(8-2-3-8)9-4-6-10(14)7-5-9/h4-8,11H,2-3H2,1H3,(H,16,17)/t11-,13?/m0/s1. The summed E-state index contributed by atoms with van der Waals surface area (Å²) in [5.41, 5.74) is -1.51. The fourth-order valence-corrected chi connectivity index (χ4v) is 2.39. The number of hydrogen-bond donors (Lipinski definition) is 1. The Bertz CT molecular complexity index is 424. The van der Waals surface area contributed by atoms with Gasteiger partial charge in [-0.3, -0.25) is 0 Å². The second-order valence-electron chi connectivity index (χ2n) is 4.75. The molecule has 0 aliphatic heterocycles. The molecule has 0 heterocycles. The Labute approximate surface area is 104 Å². The number of rotatable bonds is 4. The number of benzene rings is 1. The molecule has 1 fully saturated rings. The molecular weight excluding hydrogens is 243 g/mol. The molecule has 92 valence electrons. The topological polar surface area (TPSA) is 37.3 Å². The monoisotopic (exact) mass is 256 g/mol. The van der Waals surface area contributed by atoms with Crippen LogP contribution in [0.25, 0.3) is 0 Å². The Kier molecular flexibility index (Phi) is 3.13. The lowest BCUT2D eigenvalue weighted by molar-refractivity contribution is -0.151. The first-order valence-corrected chi connectivity index (χ1v) is 5.98. The number of hydrogen-bond acceptors (Lipinski definition) is 1. The molecule has 0 saturated heterocycles. The van der Waals surface area contributed by atoms with Crippen LogP contribution in [-0.2, 0) is 4.79 Å². The van der Waals surface area contributed by atoms with Gasteiger partial charge in [0.15, 0.2) is 0 Å². The van der Waals surface area contributed by atoms with Gasteiger partial charge in [-0.1, -0.05) is 23.7 Å². The molecule has 1 unspecified atom stereocenters. The largest absolute Gasteiger partial charge is 0.479 e. The highest BCUT2D eigenvalue weighted by atomic mass is 35.5. The van der Waals surface area contributed by atoms with Crippen molar-refractivity contribution in [2.24, 2.45) is 5.92 Å². The van der Waals surface area contributed by atoms with E-state index in [0.29, 0.717) is 10.6 Å². The van der Waals surface area contributed by atoms with Crippen LogP contribution in [0.5, 0.6) is 0 Å². The Balaban J connectivity index is 2.35. The van der Waals surface area contributed by atoms with Crippen LogP contribution in [0.3, 0.4) is 0 Å². The van der Waals surface area contributed by atoms with Crippen molar-refractivity contribution < 1.29 is 14.3 Å². The summed E-state index contributed by atoms with van der Waals surface area (Å²) in [5.74, 6) is -1.86. The molecule has 2 atom stereocenters. The van der Waals surface area contributed by atoms with Crippen molar-refractivity contribution in [2.75, 3.05) is 0 Å². The lowest BCUT2D eigenvalue weighted by Gasteiger charge is -2.27. The van der Waals surface area contributed by atoms with E-state index >= 15 is 0 Å². The summed E-state index contributed by atoms with van der Waals surface area (Å²) in [7, 11) is 0. The van der Waals surface area contributed by atoms with Crippen molar-refractivity contribution in [3.05, 3.63) is 34.9 Å². The van der Waals surface area contributed by atoms with Crippen LogP contribution in [0, 0.1) is 5.92 Å². The van der Waals surface area contributed by atoms with Crippen LogP contribution in [-0.4, -0.2) is 16.7 Å². The van der Waals surface area contributed by atoms with Gasteiger partial charge in [0.2, 0.25) is 5.67 Å². The SMILES string of the molecule is CC(F)(C(=O)O)[C@H](c1ccc(Cl)cc1)C1CC1. The minimum absolute atomic E-state index is 0.127. The highest BCUT2D eigenvalue weighted by molar-refractivity contribution is 6.30. The van der Waals surface area contributed by atoms with Crippen LogP contribution in [0.4, 0.5) is 4.39 Å². The summed E-state index contributed by atoms with van der Waals surface area (Å²) in [5, 5.41) is 9.57. The number of aliphatic carboxylic acids is 1. The molecule has 1 aromatic rings. The highest BCUT2D eigenvalue weighted by Gasteiger charge is 2.50. The van der Waals surface area contributed by atoms with Gasteiger partial charge < -0.3 is 5.11 Å². The fraction of sp³-hybridized carbons (Fsp3) is 0.462. The number of carbonyl (C=O) groups is 1. The first-order valence-electron chi connectivity index (χ1n) is 5.60. The van der Waals surface area contributed by atoms with Crippen LogP contribution in [0.2, 0.25) is 5.02 Å². The summed E-state index contributed by atoms with van der Waals surface area (Å²) in [6.45, 7) is 1.15. The molecule has 1 aliphatic rings. The van der Waals surface area contributed by atoms with Crippen LogP contribution in [0.1, 0.15) is 31.2 Å². The van der Waals surface area contributed by atoms with Gasteiger partial charge in [0.05, 0.1) is 0 Å². The van der Waals surface area contributed by atoms with Crippen LogP contribution in [0.15, 0.2) is 24.3 Å². The van der Waals surface area contributed by atoms with Gasteiger partial charge in [-0.25, -0.2) is 9.18 Å². The minimum Gasteiger partial charge on any atom is -0.479 e. The molecule has 2 nitrogen and oxygen atoms in total. The van der Waals surface area contributed by atoms with Gasteiger partial charge in [-0.2, -0.15) is 0 Å². The molecule has 0 bridgehead atoms. The molecule has 0 amide bonds. The van der Waals surface area contributed by atoms with Crippen molar-refractivity contribution in [3.63, 3.8) is 0 Å². The predicted molar refractivity (Wildman–Crippen MR) is 64.1 cm³/mol. The van der Waals surface area contributed by atoms with Crippen molar-refractivity contribution in [3.8, 4) is 0 Å². The summed E-state index contributed by atoms with van der Waals surface area (Å²) >= 11 is 5.78. The second-order valence-corrected chi connectivity index (χ2v) is 5.18. The van der Waals surface area contributed by atoms with Crippen molar-refractivity contribution in [1.29, 1.82) is 0 Å². The molecule has 0 aromatic heterocycles. The number of halogens is 2. The van der Waals surface area contributed by atoms with E-state index in [4.69, 9.17) is 16.7 Å². The molecule has 1 saturated carbocycles. The summed E-state index contributed by atoms with van der Waals surface area (Å²) in [6, 6.07) is 6.77. The quantitative estimate of drug-likeness (QED) is 0.893. The minimum atomic E-state index is -2.23. The van der Waals surface area contributed by atoms with E-state index in [1.54, 1.807) is 24.3 Å². The van der Waals surface area contributed by atoms with Crippen LogP contribution >= 0.6 is 11.6 Å². The van der Waals surface area contributed by atoms with E-state index in [1.165, 1.54) is 0 Å². The van der Waals surface area contributed by atoms with Crippen molar-refractivity contribution >= 4 is 17.6 Å². The zero-order chi connectivity index (χ0) is 12.6. The first kappa shape index (κ1) is 12.4. The summed E-state index contributed by atoms with van der Waals surface area (Å²) < 4.78 is 14.3. The maximum atomic E-state index is 14.3. The molecule has 0 radical (unpaired) electrons. The van der Waals surface area contributed by atoms with Gasteiger partial charge in [0, 0.05) is 10.9 Å². The summed E-state index contributed by atoms with van der Waals surface area (Å²) in [4.78, 5) is 11.0. The second kappa shape index (κ2) is 4.30. The Morgan fingerprint density at radius 1 is 1.47 bits per heavy atom. The third-order valence-electron chi connectivity index (χ3n) is 3.32. The van der Waals surface area contributed by atoms with E-state index in [0.717, 1.165) is 19.8 Å². The van der Waals surface area contributed by atoms with Gasteiger partial charge in [0.1, 0.15) is 0 Å². The van der Waals surface area contributed by atoms with E-state index < -0.39 is 17.6 Å². The highest BCUT2D eigenvalue weighted by Crippen LogP contribution is 2.49. The summed E-state index contributed by atoms with van der Waals surface area (Å²) in [6.07, 6.45) is 1.78. The molecule has 1 N–H and O–H groups in total. The predicted octanol–water partition coefficient (Wildman–Crippen LogP) is 3.65. The third-order valence-corrected chi connectivity index (χ3v) is 3.58.